The summed E-state index contributed by atoms with van der Waals surface area (Å²) in [5, 5.41) is 23.2. The van der Waals surface area contributed by atoms with Crippen LogP contribution in [0.25, 0.3) is 0 Å². The quantitative estimate of drug-likeness (QED) is 0.0563. The molecule has 0 bridgehead atoms. The number of hydrogen-bond donors (Lipinski definition) is 3. The Morgan fingerprint density at radius 1 is 0.417 bits per heavy atom. The van der Waals surface area contributed by atoms with E-state index in [1.165, 1.54) is 205 Å². The summed E-state index contributed by atoms with van der Waals surface area (Å²) in [6.45, 7) is 4.38. The number of aliphatic hydroxyl groups excluding tert-OH is 2. The smallest absolute Gasteiger partial charge is 0.220 e. The van der Waals surface area contributed by atoms with Gasteiger partial charge in [0.25, 0.3) is 0 Å². The van der Waals surface area contributed by atoms with Gasteiger partial charge in [-0.15, -0.1) is 0 Å². The molecular weight excluding hydrogens is 590 g/mol. The van der Waals surface area contributed by atoms with Crippen molar-refractivity contribution in [1.29, 1.82) is 0 Å². The largest absolute Gasteiger partial charge is 0.394 e. The molecular formula is C44H89NO3. The van der Waals surface area contributed by atoms with Gasteiger partial charge in [-0.3, -0.25) is 4.79 Å². The van der Waals surface area contributed by atoms with Crippen LogP contribution in [0, 0.1) is 0 Å². The highest BCUT2D eigenvalue weighted by molar-refractivity contribution is 5.76. The molecule has 1 amide bonds. The van der Waals surface area contributed by atoms with Crippen molar-refractivity contribution in [1.82, 2.24) is 5.32 Å². The van der Waals surface area contributed by atoms with Gasteiger partial charge in [0.05, 0.1) is 18.8 Å². The molecule has 0 aliphatic carbocycles. The number of hydrogen-bond acceptors (Lipinski definition) is 3. The van der Waals surface area contributed by atoms with Crippen LogP contribution >= 0.6 is 0 Å². The van der Waals surface area contributed by atoms with E-state index in [9.17, 15) is 15.0 Å². The summed E-state index contributed by atoms with van der Waals surface area (Å²) in [7, 11) is 0. The first kappa shape index (κ1) is 47.4. The molecule has 48 heavy (non-hydrogen) atoms. The fourth-order valence-corrected chi connectivity index (χ4v) is 7.19. The number of nitrogens with one attached hydrogen (secondary N) is 1. The van der Waals surface area contributed by atoms with Crippen molar-refractivity contribution >= 4 is 5.91 Å². The summed E-state index contributed by atoms with van der Waals surface area (Å²) in [6, 6.07) is -0.529. The molecule has 0 saturated carbocycles. The van der Waals surface area contributed by atoms with Crippen LogP contribution < -0.4 is 5.32 Å². The Morgan fingerprint density at radius 2 is 0.667 bits per heavy atom. The normalized spacial score (nSPS) is 12.8. The Labute approximate surface area is 302 Å². The predicted octanol–water partition coefficient (Wildman–Crippen LogP) is 13.7. The lowest BCUT2D eigenvalue weighted by atomic mass is 10.0. The number of aliphatic hydroxyl groups is 2. The molecule has 0 radical (unpaired) electrons. The zero-order chi connectivity index (χ0) is 35.0. The average Bonchev–Trinajstić information content (AvgIpc) is 3.09. The molecule has 0 aliphatic heterocycles. The Morgan fingerprint density at radius 3 is 0.938 bits per heavy atom. The molecule has 0 spiro atoms. The molecule has 0 aromatic carbocycles. The van der Waals surface area contributed by atoms with Gasteiger partial charge >= 0.3 is 0 Å². The van der Waals surface area contributed by atoms with E-state index in [-0.39, 0.29) is 12.5 Å². The summed E-state index contributed by atoms with van der Waals surface area (Å²) in [4.78, 5) is 12.4. The van der Waals surface area contributed by atoms with Gasteiger partial charge in [-0.25, -0.2) is 0 Å². The third-order valence-electron chi connectivity index (χ3n) is 10.6. The van der Waals surface area contributed by atoms with E-state index in [0.717, 1.165) is 25.7 Å². The molecule has 0 aliphatic rings. The standard InChI is InChI=1S/C44H89NO3/c1-3-5-7-9-11-13-15-17-19-20-21-22-23-24-26-28-30-32-34-36-38-40-44(48)45-42(41-46)43(47)39-37-35-33-31-29-27-25-18-16-14-12-10-8-6-4-2/h42-43,46-47H,3-41H2,1-2H3,(H,45,48)/t42-,43+/m0/s1. The maximum atomic E-state index is 12.4. The van der Waals surface area contributed by atoms with Gasteiger partial charge in [0, 0.05) is 6.42 Å². The van der Waals surface area contributed by atoms with Crippen molar-refractivity contribution < 1.29 is 15.0 Å². The van der Waals surface area contributed by atoms with Crippen LogP contribution in [0.15, 0.2) is 0 Å². The second kappa shape index (κ2) is 40.8. The van der Waals surface area contributed by atoms with E-state index < -0.39 is 12.1 Å². The predicted molar refractivity (Wildman–Crippen MR) is 212 cm³/mol. The Balaban J connectivity index is 3.45. The highest BCUT2D eigenvalue weighted by Crippen LogP contribution is 2.17. The fraction of sp³-hybridized carbons (Fsp3) is 0.977. The number of carbonyl (C=O) groups is 1. The summed E-state index contributed by atoms with van der Waals surface area (Å²) < 4.78 is 0. The molecule has 0 fully saturated rings. The van der Waals surface area contributed by atoms with Crippen molar-refractivity contribution in [2.24, 2.45) is 0 Å². The van der Waals surface area contributed by atoms with Crippen LogP contribution in [0.3, 0.4) is 0 Å². The minimum absolute atomic E-state index is 0.0256. The summed E-state index contributed by atoms with van der Waals surface area (Å²) in [5.74, 6) is -0.0256. The Kier molecular flexibility index (Phi) is 40.3. The molecule has 4 nitrogen and oxygen atoms in total. The molecule has 4 heteroatoms. The summed E-state index contributed by atoms with van der Waals surface area (Å²) in [5.41, 5.74) is 0. The van der Waals surface area contributed by atoms with Gasteiger partial charge in [-0.2, -0.15) is 0 Å². The Bertz CT molecular complexity index is 612. The maximum absolute atomic E-state index is 12.4. The highest BCUT2D eigenvalue weighted by atomic mass is 16.3. The van der Waals surface area contributed by atoms with Gasteiger partial charge in [-0.05, 0) is 12.8 Å². The SMILES string of the molecule is CCCCCCCCCCCCCCCCCCCCCCCC(=O)N[C@@H](CO)[C@H](O)CCCCCCCCCCCCCCCCC. The average molecular weight is 680 g/mol. The lowest BCUT2D eigenvalue weighted by Crippen LogP contribution is -2.45. The summed E-state index contributed by atoms with van der Waals surface area (Å²) >= 11 is 0. The van der Waals surface area contributed by atoms with E-state index in [0.29, 0.717) is 12.8 Å². The van der Waals surface area contributed by atoms with E-state index in [2.05, 4.69) is 19.2 Å². The Hall–Kier alpha value is -0.610. The minimum atomic E-state index is -0.652. The molecule has 2 atom stereocenters. The zero-order valence-corrected chi connectivity index (χ0v) is 33.0. The maximum Gasteiger partial charge on any atom is 0.220 e. The van der Waals surface area contributed by atoms with Gasteiger partial charge in [0.15, 0.2) is 0 Å². The van der Waals surface area contributed by atoms with E-state index in [4.69, 9.17) is 0 Å². The van der Waals surface area contributed by atoms with Gasteiger partial charge in [0.2, 0.25) is 5.91 Å². The number of amides is 1. The third-order valence-corrected chi connectivity index (χ3v) is 10.6. The van der Waals surface area contributed by atoms with Gasteiger partial charge in [-0.1, -0.05) is 239 Å². The lowest BCUT2D eigenvalue weighted by molar-refractivity contribution is -0.123. The van der Waals surface area contributed by atoms with Crippen molar-refractivity contribution in [3.05, 3.63) is 0 Å². The van der Waals surface area contributed by atoms with Crippen LogP contribution in [-0.4, -0.2) is 34.9 Å². The monoisotopic (exact) mass is 680 g/mol. The first-order valence-electron chi connectivity index (χ1n) is 22.2. The lowest BCUT2D eigenvalue weighted by Gasteiger charge is -2.22. The number of unbranched alkanes of at least 4 members (excludes halogenated alkanes) is 34. The summed E-state index contributed by atoms with van der Waals surface area (Å²) in [6.07, 6.45) is 48.9. The van der Waals surface area contributed by atoms with Crippen LogP contribution in [0.2, 0.25) is 0 Å². The number of rotatable bonds is 41. The second-order valence-corrected chi connectivity index (χ2v) is 15.5. The van der Waals surface area contributed by atoms with Crippen molar-refractivity contribution in [2.45, 2.75) is 270 Å². The van der Waals surface area contributed by atoms with Crippen LogP contribution in [0.5, 0.6) is 0 Å². The van der Waals surface area contributed by atoms with Gasteiger partial charge in [0.1, 0.15) is 0 Å². The topological polar surface area (TPSA) is 69.6 Å². The highest BCUT2D eigenvalue weighted by Gasteiger charge is 2.20. The third kappa shape index (κ3) is 36.7. The molecule has 288 valence electrons. The van der Waals surface area contributed by atoms with E-state index in [1.54, 1.807) is 0 Å². The molecule has 0 rings (SSSR count). The molecule has 0 aromatic heterocycles. The van der Waals surface area contributed by atoms with Crippen LogP contribution in [0.1, 0.15) is 258 Å². The molecule has 0 saturated heterocycles. The molecule has 0 unspecified atom stereocenters. The van der Waals surface area contributed by atoms with E-state index >= 15 is 0 Å². The van der Waals surface area contributed by atoms with Crippen molar-refractivity contribution in [3.63, 3.8) is 0 Å². The first-order valence-corrected chi connectivity index (χ1v) is 22.2. The zero-order valence-electron chi connectivity index (χ0n) is 33.0. The molecule has 0 heterocycles. The van der Waals surface area contributed by atoms with E-state index in [1.807, 2.05) is 0 Å². The van der Waals surface area contributed by atoms with Crippen LogP contribution in [0.4, 0.5) is 0 Å². The second-order valence-electron chi connectivity index (χ2n) is 15.5. The molecule has 0 aromatic rings. The van der Waals surface area contributed by atoms with Crippen LogP contribution in [-0.2, 0) is 4.79 Å². The van der Waals surface area contributed by atoms with Crippen molar-refractivity contribution in [3.8, 4) is 0 Å². The number of carbonyl (C=O) groups excluding carboxylic acids is 1. The van der Waals surface area contributed by atoms with Gasteiger partial charge < -0.3 is 15.5 Å². The molecule has 3 N–H and O–H groups in total. The van der Waals surface area contributed by atoms with Crippen molar-refractivity contribution in [2.75, 3.05) is 6.61 Å². The first-order chi connectivity index (χ1) is 23.7. The minimum Gasteiger partial charge on any atom is -0.394 e. The fourth-order valence-electron chi connectivity index (χ4n) is 7.19.